The van der Waals surface area contributed by atoms with E-state index >= 15 is 0 Å². The number of ether oxygens (including phenoxy) is 2. The normalized spacial score (nSPS) is 15.1. The maximum atomic E-state index is 15.0. The van der Waals surface area contributed by atoms with E-state index in [0.717, 1.165) is 16.8 Å². The van der Waals surface area contributed by atoms with Gasteiger partial charge < -0.3 is 14.8 Å². The lowest BCUT2D eigenvalue weighted by Gasteiger charge is -2.25. The summed E-state index contributed by atoms with van der Waals surface area (Å²) in [6.45, 7) is 3.48. The minimum Gasteiger partial charge on any atom is -0.494 e. The summed E-state index contributed by atoms with van der Waals surface area (Å²) in [7, 11) is 2.67. The van der Waals surface area contributed by atoms with Gasteiger partial charge >= 0.3 is 0 Å². The van der Waals surface area contributed by atoms with Crippen molar-refractivity contribution in [2.45, 2.75) is 25.2 Å². The number of fused-ring (bicyclic) bond motifs is 1. The number of hydrogen-bond donors (Lipinski definition) is 2. The second-order valence-corrected chi connectivity index (χ2v) is 7.53. The Kier molecular flexibility index (Phi) is 5.94. The first-order chi connectivity index (χ1) is 15.5. The van der Waals surface area contributed by atoms with Crippen LogP contribution < -0.4 is 14.8 Å². The van der Waals surface area contributed by atoms with Crippen LogP contribution in [0.5, 0.6) is 11.5 Å². The number of carbonyl (C=O) groups is 1. The maximum absolute atomic E-state index is 15.0. The molecule has 0 spiro atoms. The van der Waals surface area contributed by atoms with Crippen LogP contribution in [0.2, 0.25) is 0 Å². The first-order valence-electron chi connectivity index (χ1n) is 10.2. The third kappa shape index (κ3) is 3.72. The summed E-state index contributed by atoms with van der Waals surface area (Å²) in [5.74, 6) is -2.26. The van der Waals surface area contributed by atoms with Crippen molar-refractivity contribution in [3.8, 4) is 22.8 Å². The number of aromatic nitrogens is 2. The van der Waals surface area contributed by atoms with Gasteiger partial charge in [0, 0.05) is 28.5 Å². The van der Waals surface area contributed by atoms with Crippen molar-refractivity contribution in [2.24, 2.45) is 0 Å². The molecule has 1 aliphatic carbocycles. The van der Waals surface area contributed by atoms with Crippen molar-refractivity contribution in [3.05, 3.63) is 71.4 Å². The summed E-state index contributed by atoms with van der Waals surface area (Å²) in [4.78, 5) is 11.8. The summed E-state index contributed by atoms with van der Waals surface area (Å²) in [6.07, 6.45) is 2.67. The second-order valence-electron chi connectivity index (χ2n) is 7.53. The number of H-pyrrole nitrogens is 1. The molecule has 1 atom stereocenters. The standard InChI is InChI=1S/C24H23F2N3O3/c1-4-20(30)27-16-8-6-5-7-14(16)24-15-10-9-13(11-17(15)28-29-24)21-22(25)18(31-2)12-19(32-3)23(21)26/h4-8,12-13H,1,9-11H2,2-3H3,(H,27,30)(H,28,29)/t13-/m0/s1. The van der Waals surface area contributed by atoms with Crippen molar-refractivity contribution in [3.63, 3.8) is 0 Å². The number of methoxy groups -OCH3 is 2. The Morgan fingerprint density at radius 3 is 2.56 bits per heavy atom. The van der Waals surface area contributed by atoms with Gasteiger partial charge in [-0.25, -0.2) is 8.78 Å². The Hall–Kier alpha value is -3.68. The van der Waals surface area contributed by atoms with Crippen LogP contribution in [0.4, 0.5) is 14.5 Å². The molecule has 0 aliphatic heterocycles. The number of hydrogen-bond acceptors (Lipinski definition) is 4. The van der Waals surface area contributed by atoms with E-state index in [0.29, 0.717) is 30.6 Å². The van der Waals surface area contributed by atoms with Crippen LogP contribution in [0.25, 0.3) is 11.3 Å². The molecule has 0 unspecified atom stereocenters. The number of nitrogens with zero attached hydrogens (tertiary/aromatic N) is 1. The zero-order chi connectivity index (χ0) is 22.8. The highest BCUT2D eigenvalue weighted by Crippen LogP contribution is 2.42. The maximum Gasteiger partial charge on any atom is 0.247 e. The molecular weight excluding hydrogens is 416 g/mol. The highest BCUT2D eigenvalue weighted by molar-refractivity contribution is 6.01. The Balaban J connectivity index is 1.70. The fourth-order valence-corrected chi connectivity index (χ4v) is 4.22. The fourth-order valence-electron chi connectivity index (χ4n) is 4.22. The molecule has 1 aliphatic rings. The van der Waals surface area contributed by atoms with E-state index in [-0.39, 0.29) is 23.0 Å². The molecule has 0 saturated heterocycles. The monoisotopic (exact) mass is 439 g/mol. The Bertz CT molecular complexity index is 1160. The smallest absolute Gasteiger partial charge is 0.247 e. The van der Waals surface area contributed by atoms with Crippen LogP contribution in [0.3, 0.4) is 0 Å². The number of benzene rings is 2. The molecule has 166 valence electrons. The molecule has 0 radical (unpaired) electrons. The van der Waals surface area contributed by atoms with Gasteiger partial charge in [0.15, 0.2) is 23.1 Å². The Morgan fingerprint density at radius 2 is 1.91 bits per heavy atom. The van der Waals surface area contributed by atoms with Crippen molar-refractivity contribution in [2.75, 3.05) is 19.5 Å². The van der Waals surface area contributed by atoms with E-state index in [4.69, 9.17) is 9.47 Å². The highest BCUT2D eigenvalue weighted by atomic mass is 19.1. The SMILES string of the molecule is C=CC(=O)Nc1ccccc1-c1n[nH]c2c1CC[C@H](c1c(F)c(OC)cc(OC)c1F)C2. The van der Waals surface area contributed by atoms with Crippen molar-refractivity contribution in [1.29, 1.82) is 0 Å². The predicted octanol–water partition coefficient (Wildman–Crippen LogP) is 4.77. The lowest BCUT2D eigenvalue weighted by molar-refractivity contribution is -0.111. The van der Waals surface area contributed by atoms with Crippen LogP contribution in [0, 0.1) is 11.6 Å². The summed E-state index contributed by atoms with van der Waals surface area (Å²) in [5.41, 5.74) is 3.82. The minimum absolute atomic E-state index is 0.0401. The summed E-state index contributed by atoms with van der Waals surface area (Å²) >= 11 is 0. The van der Waals surface area contributed by atoms with E-state index in [1.54, 1.807) is 6.07 Å². The number of nitrogens with one attached hydrogen (secondary N) is 2. The number of anilines is 1. The molecule has 32 heavy (non-hydrogen) atoms. The van der Waals surface area contributed by atoms with Crippen LogP contribution >= 0.6 is 0 Å². The number of aromatic amines is 1. The quantitative estimate of drug-likeness (QED) is 0.543. The average Bonchev–Trinajstić information content (AvgIpc) is 3.23. The first kappa shape index (κ1) is 21.5. The van der Waals surface area contributed by atoms with Crippen molar-refractivity contribution < 1.29 is 23.0 Å². The molecule has 6 nitrogen and oxygen atoms in total. The van der Waals surface area contributed by atoms with Gasteiger partial charge in [-0.15, -0.1) is 0 Å². The number of para-hydroxylation sites is 1. The second kappa shape index (κ2) is 8.82. The van der Waals surface area contributed by atoms with E-state index in [2.05, 4.69) is 22.1 Å². The molecule has 0 fully saturated rings. The molecule has 0 bridgehead atoms. The zero-order valence-corrected chi connectivity index (χ0v) is 17.8. The third-order valence-corrected chi connectivity index (χ3v) is 5.79. The molecular formula is C24H23F2N3O3. The van der Waals surface area contributed by atoms with Crippen LogP contribution in [-0.4, -0.2) is 30.3 Å². The molecule has 2 aromatic carbocycles. The lowest BCUT2D eigenvalue weighted by atomic mass is 9.81. The van der Waals surface area contributed by atoms with Crippen LogP contribution in [-0.2, 0) is 17.6 Å². The highest BCUT2D eigenvalue weighted by Gasteiger charge is 2.32. The molecule has 2 N–H and O–H groups in total. The van der Waals surface area contributed by atoms with E-state index < -0.39 is 17.6 Å². The van der Waals surface area contributed by atoms with Gasteiger partial charge in [-0.2, -0.15) is 5.10 Å². The predicted molar refractivity (Wildman–Crippen MR) is 117 cm³/mol. The summed E-state index contributed by atoms with van der Waals surface area (Å²) < 4.78 is 40.1. The molecule has 1 amide bonds. The molecule has 4 rings (SSSR count). The van der Waals surface area contributed by atoms with Crippen LogP contribution in [0.15, 0.2) is 43.0 Å². The number of amides is 1. The van der Waals surface area contributed by atoms with Gasteiger partial charge in [0.25, 0.3) is 0 Å². The third-order valence-electron chi connectivity index (χ3n) is 5.79. The molecule has 8 heteroatoms. The fraction of sp³-hybridized carbons (Fsp3) is 0.250. The number of rotatable bonds is 6. The summed E-state index contributed by atoms with van der Waals surface area (Å²) in [5, 5.41) is 10.3. The van der Waals surface area contributed by atoms with Gasteiger partial charge in [0.2, 0.25) is 5.91 Å². The number of carbonyl (C=O) groups excluding carboxylic acids is 1. The van der Waals surface area contributed by atoms with Gasteiger partial charge in [0.1, 0.15) is 0 Å². The van der Waals surface area contributed by atoms with Crippen molar-refractivity contribution in [1.82, 2.24) is 10.2 Å². The van der Waals surface area contributed by atoms with Crippen molar-refractivity contribution >= 4 is 11.6 Å². The Morgan fingerprint density at radius 1 is 1.22 bits per heavy atom. The lowest BCUT2D eigenvalue weighted by Crippen LogP contribution is -2.16. The van der Waals surface area contributed by atoms with Gasteiger partial charge in [-0.1, -0.05) is 24.8 Å². The van der Waals surface area contributed by atoms with Gasteiger partial charge in [-0.05, 0) is 37.3 Å². The topological polar surface area (TPSA) is 76.2 Å². The minimum atomic E-state index is -0.712. The van der Waals surface area contributed by atoms with E-state index in [9.17, 15) is 13.6 Å². The molecule has 0 saturated carbocycles. The molecule has 3 aromatic rings. The largest absolute Gasteiger partial charge is 0.494 e. The van der Waals surface area contributed by atoms with Gasteiger partial charge in [0.05, 0.1) is 25.6 Å². The zero-order valence-electron chi connectivity index (χ0n) is 17.8. The Labute approximate surface area is 184 Å². The summed E-state index contributed by atoms with van der Waals surface area (Å²) in [6, 6.07) is 8.55. The number of halogens is 2. The average molecular weight is 439 g/mol. The van der Waals surface area contributed by atoms with Crippen LogP contribution in [0.1, 0.15) is 29.2 Å². The molecule has 1 heterocycles. The van der Waals surface area contributed by atoms with Gasteiger partial charge in [-0.3, -0.25) is 9.89 Å². The first-order valence-corrected chi connectivity index (χ1v) is 10.2. The van der Waals surface area contributed by atoms with E-state index in [1.807, 2.05) is 18.2 Å². The molecule has 1 aromatic heterocycles. The van der Waals surface area contributed by atoms with E-state index in [1.165, 1.54) is 26.4 Å².